The number of nitro benzene ring substituents is 1. The zero-order valence-corrected chi connectivity index (χ0v) is 8.91. The van der Waals surface area contributed by atoms with Gasteiger partial charge in [-0.3, -0.25) is 14.9 Å². The lowest BCUT2D eigenvalue weighted by Gasteiger charge is -2.02. The number of hydrogen-bond donors (Lipinski definition) is 1. The molecular weight excluding hydrogens is 226 g/mol. The quantitative estimate of drug-likeness (QED) is 0.371. The lowest BCUT2D eigenvalue weighted by atomic mass is 10.0. The number of nitro groups is 1. The third-order valence-electron chi connectivity index (χ3n) is 2.05. The molecule has 0 radical (unpaired) electrons. The van der Waals surface area contributed by atoms with Crippen molar-refractivity contribution in [3.8, 4) is 0 Å². The number of carbonyl (C=O) groups excluding carboxylic acids is 1. The van der Waals surface area contributed by atoms with Gasteiger partial charge in [0.1, 0.15) is 0 Å². The van der Waals surface area contributed by atoms with Gasteiger partial charge < -0.3 is 5.11 Å². The fourth-order valence-corrected chi connectivity index (χ4v) is 1.38. The molecule has 0 unspecified atom stereocenters. The average Bonchev–Trinajstić information content (AvgIpc) is 2.25. The first-order valence-electron chi connectivity index (χ1n) is 4.61. The molecule has 1 aromatic rings. The number of carboxylic acids is 1. The second-order valence-electron chi connectivity index (χ2n) is 3.33. The molecule has 1 N–H and O–H groups in total. The molecule has 0 spiro atoms. The van der Waals surface area contributed by atoms with Gasteiger partial charge in [-0.05, 0) is 24.1 Å². The molecule has 6 heteroatoms. The average molecular weight is 235 g/mol. The molecule has 0 aliphatic heterocycles. The Kier molecular flexibility index (Phi) is 3.71. The highest BCUT2D eigenvalue weighted by Gasteiger charge is 2.16. The van der Waals surface area contributed by atoms with E-state index in [4.69, 9.17) is 5.11 Å². The Bertz CT molecular complexity index is 519. The molecule has 0 heterocycles. The van der Waals surface area contributed by atoms with E-state index < -0.39 is 10.9 Å². The van der Waals surface area contributed by atoms with E-state index in [2.05, 4.69) is 0 Å². The maximum absolute atomic E-state index is 10.8. The van der Waals surface area contributed by atoms with Crippen molar-refractivity contribution < 1.29 is 19.6 Å². The third kappa shape index (κ3) is 2.97. The molecule has 1 aromatic carbocycles. The first kappa shape index (κ1) is 12.6. The molecule has 0 aromatic heterocycles. The Labute approximate surface area is 96.3 Å². The summed E-state index contributed by atoms with van der Waals surface area (Å²) in [6.45, 7) is 1.62. The van der Waals surface area contributed by atoms with Crippen LogP contribution in [0.3, 0.4) is 0 Å². The first-order valence-corrected chi connectivity index (χ1v) is 4.61. The summed E-state index contributed by atoms with van der Waals surface area (Å²) in [7, 11) is 0. The molecule has 0 bridgehead atoms. The molecule has 0 fully saturated rings. The minimum absolute atomic E-state index is 0.127. The predicted octanol–water partition coefficient (Wildman–Crippen LogP) is 1.81. The fraction of sp³-hybridized carbons (Fsp3) is 0.0909. The van der Waals surface area contributed by atoms with Gasteiger partial charge in [-0.15, -0.1) is 0 Å². The van der Waals surface area contributed by atoms with Crippen LogP contribution in [0.1, 0.15) is 21.5 Å². The Morgan fingerprint density at radius 2 is 2.12 bits per heavy atom. The van der Waals surface area contributed by atoms with Crippen LogP contribution in [0, 0.1) is 17.0 Å². The van der Waals surface area contributed by atoms with Gasteiger partial charge in [0.05, 0.1) is 10.5 Å². The lowest BCUT2D eigenvalue weighted by molar-refractivity contribution is -0.385. The summed E-state index contributed by atoms with van der Waals surface area (Å²) in [6.07, 6.45) is 2.33. The summed E-state index contributed by atoms with van der Waals surface area (Å²) in [6, 6.07) is 2.78. The van der Waals surface area contributed by atoms with Crippen molar-refractivity contribution in [1.29, 1.82) is 0 Å². The summed E-state index contributed by atoms with van der Waals surface area (Å²) in [4.78, 5) is 31.2. The van der Waals surface area contributed by atoms with Gasteiger partial charge in [-0.2, -0.15) is 0 Å². The monoisotopic (exact) mass is 235 g/mol. The van der Waals surface area contributed by atoms with Gasteiger partial charge in [-0.1, -0.05) is 6.07 Å². The topological polar surface area (TPSA) is 97.5 Å². The van der Waals surface area contributed by atoms with Crippen LogP contribution in [0.15, 0.2) is 18.2 Å². The van der Waals surface area contributed by atoms with Crippen LogP contribution in [-0.2, 0) is 4.79 Å². The van der Waals surface area contributed by atoms with E-state index >= 15 is 0 Å². The highest BCUT2D eigenvalue weighted by atomic mass is 16.6. The second kappa shape index (κ2) is 5.02. The van der Waals surface area contributed by atoms with E-state index in [1.807, 2.05) is 0 Å². The molecule has 0 saturated carbocycles. The molecule has 1 rings (SSSR count). The number of carbonyl (C=O) groups is 2. The zero-order chi connectivity index (χ0) is 13.0. The van der Waals surface area contributed by atoms with Gasteiger partial charge in [-0.25, -0.2) is 4.79 Å². The van der Waals surface area contributed by atoms with Crippen LogP contribution in [0.5, 0.6) is 0 Å². The Morgan fingerprint density at radius 1 is 1.47 bits per heavy atom. The third-order valence-corrected chi connectivity index (χ3v) is 2.05. The van der Waals surface area contributed by atoms with Gasteiger partial charge in [0.25, 0.3) is 5.69 Å². The van der Waals surface area contributed by atoms with Crippen LogP contribution in [-0.4, -0.2) is 22.3 Å². The number of aliphatic carboxylic acids is 1. The summed E-state index contributed by atoms with van der Waals surface area (Å²) >= 11 is 0. The van der Waals surface area contributed by atoms with Gasteiger partial charge in [0, 0.05) is 12.1 Å². The number of aryl methyl sites for hydroxylation is 1. The summed E-state index contributed by atoms with van der Waals surface area (Å²) in [5, 5.41) is 19.2. The number of aldehydes is 1. The van der Waals surface area contributed by atoms with Crippen LogP contribution >= 0.6 is 0 Å². The van der Waals surface area contributed by atoms with Crippen molar-refractivity contribution in [1.82, 2.24) is 0 Å². The van der Waals surface area contributed by atoms with Crippen LogP contribution in [0.4, 0.5) is 5.69 Å². The Hall–Kier alpha value is -2.50. The van der Waals surface area contributed by atoms with Gasteiger partial charge in [0.15, 0.2) is 6.29 Å². The van der Waals surface area contributed by atoms with Gasteiger partial charge >= 0.3 is 5.97 Å². The highest BCUT2D eigenvalue weighted by Crippen LogP contribution is 2.23. The van der Waals surface area contributed by atoms with Crippen molar-refractivity contribution in [2.24, 2.45) is 0 Å². The Balaban J connectivity index is 3.43. The number of benzene rings is 1. The minimum atomic E-state index is -1.19. The predicted molar refractivity (Wildman–Crippen MR) is 59.9 cm³/mol. The van der Waals surface area contributed by atoms with E-state index in [-0.39, 0.29) is 16.8 Å². The van der Waals surface area contributed by atoms with E-state index in [1.165, 1.54) is 12.1 Å². The van der Waals surface area contributed by atoms with Crippen LogP contribution in [0.25, 0.3) is 6.08 Å². The zero-order valence-electron chi connectivity index (χ0n) is 8.91. The smallest absolute Gasteiger partial charge is 0.328 e. The summed E-state index contributed by atoms with van der Waals surface area (Å²) in [5.41, 5.74) is 0.338. The van der Waals surface area contributed by atoms with Crippen molar-refractivity contribution >= 4 is 24.0 Å². The summed E-state index contributed by atoms with van der Waals surface area (Å²) in [5.74, 6) is -1.19. The van der Waals surface area contributed by atoms with Crippen molar-refractivity contribution in [2.45, 2.75) is 6.92 Å². The van der Waals surface area contributed by atoms with Gasteiger partial charge in [0.2, 0.25) is 0 Å². The van der Waals surface area contributed by atoms with Crippen LogP contribution < -0.4 is 0 Å². The number of hydrogen-bond acceptors (Lipinski definition) is 4. The van der Waals surface area contributed by atoms with Crippen molar-refractivity contribution in [3.63, 3.8) is 0 Å². The number of carboxylic acid groups (broad SMARTS) is 1. The lowest BCUT2D eigenvalue weighted by Crippen LogP contribution is -1.98. The molecule has 0 aliphatic rings. The molecule has 6 nitrogen and oxygen atoms in total. The minimum Gasteiger partial charge on any atom is -0.478 e. The van der Waals surface area contributed by atoms with E-state index in [0.29, 0.717) is 11.8 Å². The Morgan fingerprint density at radius 3 is 2.59 bits per heavy atom. The highest BCUT2D eigenvalue weighted by molar-refractivity contribution is 5.92. The molecule has 0 aliphatic carbocycles. The fourth-order valence-electron chi connectivity index (χ4n) is 1.38. The largest absolute Gasteiger partial charge is 0.478 e. The summed E-state index contributed by atoms with van der Waals surface area (Å²) < 4.78 is 0. The maximum atomic E-state index is 10.8. The molecule has 17 heavy (non-hydrogen) atoms. The second-order valence-corrected chi connectivity index (χ2v) is 3.33. The number of rotatable bonds is 4. The first-order chi connectivity index (χ1) is 7.95. The van der Waals surface area contributed by atoms with Crippen molar-refractivity contribution in [3.05, 3.63) is 45.0 Å². The van der Waals surface area contributed by atoms with Crippen molar-refractivity contribution in [2.75, 3.05) is 0 Å². The van der Waals surface area contributed by atoms with E-state index in [9.17, 15) is 19.7 Å². The SMILES string of the molecule is Cc1cc(/C=C/C(=O)O)c(C=O)c([N+](=O)[O-])c1. The molecule has 0 atom stereocenters. The standard InChI is InChI=1S/C11H9NO5/c1-7-4-8(2-3-11(14)15)9(6-13)10(5-7)12(16)17/h2-6H,1H3,(H,14,15)/b3-2+. The molecular formula is C11H9NO5. The molecule has 88 valence electrons. The van der Waals surface area contributed by atoms with Crippen LogP contribution in [0.2, 0.25) is 0 Å². The normalized spacial score (nSPS) is 10.4. The number of nitrogens with zero attached hydrogens (tertiary/aromatic N) is 1. The molecule has 0 saturated heterocycles. The molecule has 0 amide bonds. The van der Waals surface area contributed by atoms with E-state index in [0.717, 1.165) is 12.2 Å². The maximum Gasteiger partial charge on any atom is 0.328 e. The van der Waals surface area contributed by atoms with E-state index in [1.54, 1.807) is 6.92 Å².